The number of rotatable bonds is 9. The lowest BCUT2D eigenvalue weighted by Crippen LogP contribution is -2.53. The van der Waals surface area contributed by atoms with E-state index < -0.39 is 28.5 Å². The summed E-state index contributed by atoms with van der Waals surface area (Å²) in [7, 11) is -3.91. The maximum atomic E-state index is 13.6. The Balaban J connectivity index is 1.89. The Labute approximate surface area is 227 Å². The van der Waals surface area contributed by atoms with Gasteiger partial charge in [-0.05, 0) is 49.6 Å². The Hall–Kier alpha value is -2.00. The molecule has 196 valence electrons. The highest BCUT2D eigenvalue weighted by molar-refractivity contribution is 7.92. The minimum atomic E-state index is -3.91. The summed E-state index contributed by atoms with van der Waals surface area (Å²) in [5.74, 6) is -0.839. The third kappa shape index (κ3) is 7.51. The first-order valence-electron chi connectivity index (χ1n) is 11.7. The van der Waals surface area contributed by atoms with Gasteiger partial charge in [0.05, 0.1) is 22.0 Å². The number of nitrogens with zero attached hydrogens (tertiary/aromatic N) is 2. The van der Waals surface area contributed by atoms with Crippen molar-refractivity contribution in [1.82, 2.24) is 10.2 Å². The summed E-state index contributed by atoms with van der Waals surface area (Å²) in [5.41, 5.74) is 0.836. The maximum Gasteiger partial charge on any atom is 0.244 e. The lowest BCUT2D eigenvalue weighted by molar-refractivity contribution is -0.139. The Bertz CT molecular complexity index is 1190. The lowest BCUT2D eigenvalue weighted by atomic mass is 9.95. The molecule has 1 fully saturated rings. The van der Waals surface area contributed by atoms with E-state index in [-0.39, 0.29) is 34.2 Å². The van der Waals surface area contributed by atoms with E-state index in [4.69, 9.17) is 34.8 Å². The Morgan fingerprint density at radius 1 is 1.03 bits per heavy atom. The predicted molar refractivity (Wildman–Crippen MR) is 145 cm³/mol. The molecule has 0 aliphatic heterocycles. The van der Waals surface area contributed by atoms with Crippen molar-refractivity contribution in [3.63, 3.8) is 0 Å². The largest absolute Gasteiger partial charge is 0.352 e. The minimum Gasteiger partial charge on any atom is -0.352 e. The smallest absolute Gasteiger partial charge is 0.244 e. The molecule has 1 N–H and O–H groups in total. The Kier molecular flexibility index (Phi) is 9.92. The molecule has 7 nitrogen and oxygen atoms in total. The molecule has 0 bridgehead atoms. The van der Waals surface area contributed by atoms with E-state index in [1.807, 2.05) is 0 Å². The molecule has 1 aliphatic carbocycles. The molecule has 2 aromatic rings. The first-order chi connectivity index (χ1) is 17.0. The molecule has 0 unspecified atom stereocenters. The van der Waals surface area contributed by atoms with Gasteiger partial charge in [-0.25, -0.2) is 8.42 Å². The fourth-order valence-corrected chi connectivity index (χ4v) is 5.65. The van der Waals surface area contributed by atoms with Gasteiger partial charge in [-0.3, -0.25) is 13.9 Å². The van der Waals surface area contributed by atoms with Crippen LogP contribution in [0.1, 0.15) is 44.6 Å². The Morgan fingerprint density at radius 3 is 2.28 bits per heavy atom. The van der Waals surface area contributed by atoms with Crippen molar-refractivity contribution in [2.24, 2.45) is 0 Å². The SMILES string of the molecule is C[C@H](C(=O)NC1CCCCC1)N(Cc1ccc(Cl)cc1)C(=O)CN(c1cccc(Cl)c1Cl)S(C)(=O)=O. The van der Waals surface area contributed by atoms with Crippen LogP contribution in [-0.2, 0) is 26.2 Å². The van der Waals surface area contributed by atoms with E-state index in [1.165, 1.54) is 17.0 Å². The van der Waals surface area contributed by atoms with Gasteiger partial charge in [-0.2, -0.15) is 0 Å². The quantitative estimate of drug-likeness (QED) is 0.442. The topological polar surface area (TPSA) is 86.8 Å². The molecule has 0 saturated heterocycles. The zero-order chi connectivity index (χ0) is 26.5. The van der Waals surface area contributed by atoms with Gasteiger partial charge < -0.3 is 10.2 Å². The minimum absolute atomic E-state index is 0.0183. The molecule has 1 saturated carbocycles. The van der Waals surface area contributed by atoms with Crippen LogP contribution in [0.25, 0.3) is 0 Å². The molecule has 0 spiro atoms. The van der Waals surface area contributed by atoms with Gasteiger partial charge in [0.15, 0.2) is 0 Å². The average molecular weight is 575 g/mol. The van der Waals surface area contributed by atoms with Crippen LogP contribution < -0.4 is 9.62 Å². The monoisotopic (exact) mass is 573 g/mol. The van der Waals surface area contributed by atoms with Crippen molar-refractivity contribution in [3.8, 4) is 0 Å². The zero-order valence-corrected chi connectivity index (χ0v) is 23.3. The summed E-state index contributed by atoms with van der Waals surface area (Å²) >= 11 is 18.4. The van der Waals surface area contributed by atoms with Gasteiger partial charge in [0.2, 0.25) is 21.8 Å². The second kappa shape index (κ2) is 12.5. The number of amides is 2. The highest BCUT2D eigenvalue weighted by atomic mass is 35.5. The molecule has 0 heterocycles. The van der Waals surface area contributed by atoms with Crippen LogP contribution in [-0.4, -0.2) is 50.0 Å². The van der Waals surface area contributed by atoms with Crippen LogP contribution in [0.2, 0.25) is 15.1 Å². The summed E-state index contributed by atoms with van der Waals surface area (Å²) in [6.45, 7) is 1.19. The molecule has 11 heteroatoms. The van der Waals surface area contributed by atoms with Crippen LogP contribution in [0.4, 0.5) is 5.69 Å². The molecule has 1 aliphatic rings. The zero-order valence-electron chi connectivity index (χ0n) is 20.2. The van der Waals surface area contributed by atoms with E-state index in [1.54, 1.807) is 37.3 Å². The molecule has 2 aromatic carbocycles. The number of hydrogen-bond donors (Lipinski definition) is 1. The second-order valence-electron chi connectivity index (χ2n) is 9.01. The van der Waals surface area contributed by atoms with Crippen molar-refractivity contribution in [2.45, 2.75) is 57.7 Å². The molecule has 3 rings (SSSR count). The molecular formula is C25H30Cl3N3O4S. The summed E-state index contributed by atoms with van der Waals surface area (Å²) in [4.78, 5) is 28.1. The van der Waals surface area contributed by atoms with Gasteiger partial charge in [0.25, 0.3) is 0 Å². The third-order valence-electron chi connectivity index (χ3n) is 6.26. The number of nitrogens with one attached hydrogen (secondary N) is 1. The predicted octanol–water partition coefficient (Wildman–Crippen LogP) is 5.28. The lowest BCUT2D eigenvalue weighted by Gasteiger charge is -2.33. The third-order valence-corrected chi connectivity index (χ3v) is 8.45. The molecule has 36 heavy (non-hydrogen) atoms. The van der Waals surface area contributed by atoms with Crippen molar-refractivity contribution >= 4 is 62.3 Å². The molecule has 0 aromatic heterocycles. The summed E-state index contributed by atoms with van der Waals surface area (Å²) in [5, 5.41) is 3.78. The number of carbonyl (C=O) groups excluding carboxylic acids is 2. The van der Waals surface area contributed by atoms with Crippen molar-refractivity contribution in [1.29, 1.82) is 0 Å². The van der Waals surface area contributed by atoms with Gasteiger partial charge in [0.1, 0.15) is 12.6 Å². The molecule has 1 atom stereocenters. The van der Waals surface area contributed by atoms with Crippen LogP contribution in [0.5, 0.6) is 0 Å². The number of halogens is 3. The molecular weight excluding hydrogens is 545 g/mol. The summed E-state index contributed by atoms with van der Waals surface area (Å²) in [6.07, 6.45) is 6.04. The van der Waals surface area contributed by atoms with Gasteiger partial charge >= 0.3 is 0 Å². The van der Waals surface area contributed by atoms with Crippen LogP contribution in [0, 0.1) is 0 Å². The highest BCUT2D eigenvalue weighted by Crippen LogP contribution is 2.33. The van der Waals surface area contributed by atoms with E-state index in [9.17, 15) is 18.0 Å². The van der Waals surface area contributed by atoms with Crippen LogP contribution in [0.3, 0.4) is 0 Å². The highest BCUT2D eigenvalue weighted by Gasteiger charge is 2.32. The maximum absolute atomic E-state index is 13.6. The average Bonchev–Trinajstić information content (AvgIpc) is 2.83. The van der Waals surface area contributed by atoms with E-state index >= 15 is 0 Å². The molecule has 0 radical (unpaired) electrons. The molecule has 2 amide bonds. The second-order valence-corrected chi connectivity index (χ2v) is 12.1. The van der Waals surface area contributed by atoms with Gasteiger partial charge in [-0.15, -0.1) is 0 Å². The standard InChI is InChI=1S/C25H30Cl3N3O4S/c1-17(25(33)29-20-7-4-3-5-8-20)30(15-18-11-13-19(26)14-12-18)23(32)16-31(36(2,34)35)22-10-6-9-21(27)24(22)28/h6,9-14,17,20H,3-5,7-8,15-16H2,1-2H3,(H,29,33)/t17-/m1/s1. The fourth-order valence-electron chi connectivity index (χ4n) is 4.22. The number of carbonyl (C=O) groups is 2. The van der Waals surface area contributed by atoms with E-state index in [0.717, 1.165) is 48.2 Å². The normalized spacial score (nSPS) is 15.2. The summed E-state index contributed by atoms with van der Waals surface area (Å²) in [6, 6.07) is 10.7. The van der Waals surface area contributed by atoms with Crippen LogP contribution in [0.15, 0.2) is 42.5 Å². The van der Waals surface area contributed by atoms with Gasteiger partial charge in [0, 0.05) is 17.6 Å². The van der Waals surface area contributed by atoms with Crippen molar-refractivity contribution in [3.05, 3.63) is 63.1 Å². The van der Waals surface area contributed by atoms with Crippen LogP contribution >= 0.6 is 34.8 Å². The number of sulfonamides is 1. The first-order valence-corrected chi connectivity index (χ1v) is 14.7. The van der Waals surface area contributed by atoms with Crippen molar-refractivity contribution < 1.29 is 18.0 Å². The van der Waals surface area contributed by atoms with Gasteiger partial charge in [-0.1, -0.05) is 72.3 Å². The van der Waals surface area contributed by atoms with E-state index in [0.29, 0.717) is 5.02 Å². The number of benzene rings is 2. The Morgan fingerprint density at radius 2 is 1.67 bits per heavy atom. The number of hydrogen-bond acceptors (Lipinski definition) is 4. The van der Waals surface area contributed by atoms with Crippen molar-refractivity contribution in [2.75, 3.05) is 17.1 Å². The van der Waals surface area contributed by atoms with E-state index in [2.05, 4.69) is 5.32 Å². The summed E-state index contributed by atoms with van der Waals surface area (Å²) < 4.78 is 26.3. The first kappa shape index (κ1) is 28.6. The number of anilines is 1. The fraction of sp³-hybridized carbons (Fsp3) is 0.440.